The average Bonchev–Trinajstić information content (AvgIpc) is 2.81. The highest BCUT2D eigenvalue weighted by Gasteiger charge is 2.17. The van der Waals surface area contributed by atoms with Crippen LogP contribution in [-0.4, -0.2) is 30.5 Å². The second-order valence-electron chi connectivity index (χ2n) is 8.98. The van der Waals surface area contributed by atoms with Crippen LogP contribution < -0.4 is 15.6 Å². The fourth-order valence-corrected chi connectivity index (χ4v) is 3.50. The Morgan fingerprint density at radius 1 is 1.00 bits per heavy atom. The van der Waals surface area contributed by atoms with Gasteiger partial charge in [-0.15, -0.1) is 0 Å². The molecule has 0 aliphatic carbocycles. The highest BCUT2D eigenvalue weighted by atomic mass is 35.5. The van der Waals surface area contributed by atoms with Gasteiger partial charge >= 0.3 is 0 Å². The number of anilines is 2. The van der Waals surface area contributed by atoms with E-state index in [1.54, 1.807) is 54.9 Å². The van der Waals surface area contributed by atoms with Gasteiger partial charge in [0.25, 0.3) is 5.56 Å². The number of aromatic nitrogens is 4. The standard InChI is InChI=1S/C26H24ClF2N5O3/c1-26(2,36)12-11-21-24(35)32-25(34(33-21)15-16-3-5-17(27)6-4-16)30-18-7-9-19(10-8-18)37-20-13-22(28)31-23(29)14-20/h3-10,13-14,36H,11-12,15H2,1-2H3,(H,30,32,35). The maximum Gasteiger partial charge on any atom is 0.296 e. The lowest BCUT2D eigenvalue weighted by atomic mass is 10.0. The molecule has 0 aliphatic heterocycles. The Hall–Kier alpha value is -3.89. The Morgan fingerprint density at radius 3 is 2.27 bits per heavy atom. The van der Waals surface area contributed by atoms with Crippen molar-refractivity contribution in [3.63, 3.8) is 0 Å². The van der Waals surface area contributed by atoms with Crippen molar-refractivity contribution in [1.82, 2.24) is 19.7 Å². The lowest BCUT2D eigenvalue weighted by molar-refractivity contribution is 0.0709. The van der Waals surface area contributed by atoms with Gasteiger partial charge in [0.15, 0.2) is 0 Å². The number of benzene rings is 2. The van der Waals surface area contributed by atoms with Crippen molar-refractivity contribution in [3.8, 4) is 11.5 Å². The van der Waals surface area contributed by atoms with E-state index in [0.717, 1.165) is 17.7 Å². The van der Waals surface area contributed by atoms with Crippen molar-refractivity contribution in [2.45, 2.75) is 38.8 Å². The SMILES string of the molecule is CC(C)(O)CCc1nn(Cc2ccc(Cl)cc2)c(Nc2ccc(Oc3cc(F)nc(F)c3)cc2)nc1=O. The third kappa shape index (κ3) is 7.55. The van der Waals surface area contributed by atoms with Crippen molar-refractivity contribution < 1.29 is 18.6 Å². The maximum absolute atomic E-state index is 13.3. The van der Waals surface area contributed by atoms with E-state index in [1.807, 2.05) is 12.1 Å². The first kappa shape index (κ1) is 26.2. The van der Waals surface area contributed by atoms with Gasteiger partial charge in [0.05, 0.1) is 12.1 Å². The number of nitrogens with zero attached hydrogens (tertiary/aromatic N) is 4. The molecule has 2 aromatic carbocycles. The second-order valence-corrected chi connectivity index (χ2v) is 9.42. The van der Waals surface area contributed by atoms with E-state index in [2.05, 4.69) is 20.4 Å². The fourth-order valence-electron chi connectivity index (χ4n) is 3.37. The van der Waals surface area contributed by atoms with Crippen molar-refractivity contribution >= 4 is 23.2 Å². The summed E-state index contributed by atoms with van der Waals surface area (Å²) in [6, 6.07) is 15.6. The first-order valence-electron chi connectivity index (χ1n) is 11.4. The Kier molecular flexibility index (Phi) is 7.80. The molecule has 0 saturated carbocycles. The van der Waals surface area contributed by atoms with E-state index in [4.69, 9.17) is 16.3 Å². The smallest absolute Gasteiger partial charge is 0.296 e. The minimum atomic E-state index is -0.989. The Morgan fingerprint density at radius 2 is 1.65 bits per heavy atom. The monoisotopic (exact) mass is 527 g/mol. The summed E-state index contributed by atoms with van der Waals surface area (Å²) in [6.07, 6.45) is 0.607. The molecule has 0 spiro atoms. The zero-order valence-electron chi connectivity index (χ0n) is 20.1. The van der Waals surface area contributed by atoms with Crippen LogP contribution in [-0.2, 0) is 13.0 Å². The van der Waals surface area contributed by atoms with Gasteiger partial charge in [0, 0.05) is 22.8 Å². The van der Waals surface area contributed by atoms with E-state index < -0.39 is 23.1 Å². The van der Waals surface area contributed by atoms with Gasteiger partial charge in [-0.05, 0) is 68.7 Å². The number of hydrogen-bond acceptors (Lipinski definition) is 7. The zero-order valence-corrected chi connectivity index (χ0v) is 20.8. The van der Waals surface area contributed by atoms with Crippen LogP contribution in [0.1, 0.15) is 31.5 Å². The third-order valence-corrected chi connectivity index (χ3v) is 5.49. The van der Waals surface area contributed by atoms with Crippen LogP contribution in [0.5, 0.6) is 11.5 Å². The predicted octanol–water partition coefficient (Wildman–Crippen LogP) is 5.25. The van der Waals surface area contributed by atoms with Gasteiger partial charge in [-0.25, -0.2) is 4.68 Å². The molecular formula is C26H24ClF2N5O3. The van der Waals surface area contributed by atoms with Crippen LogP contribution in [0.2, 0.25) is 5.02 Å². The van der Waals surface area contributed by atoms with Crippen LogP contribution >= 0.6 is 11.6 Å². The largest absolute Gasteiger partial charge is 0.457 e. The molecule has 0 bridgehead atoms. The number of aryl methyl sites for hydroxylation is 1. The lowest BCUT2D eigenvalue weighted by Crippen LogP contribution is -2.27. The quantitative estimate of drug-likeness (QED) is 0.286. The molecular weight excluding hydrogens is 504 g/mol. The van der Waals surface area contributed by atoms with Crippen LogP contribution in [0.3, 0.4) is 0 Å². The molecule has 0 unspecified atom stereocenters. The van der Waals surface area contributed by atoms with Crippen LogP contribution in [0, 0.1) is 11.9 Å². The molecule has 0 amide bonds. The van der Waals surface area contributed by atoms with Crippen molar-refractivity contribution in [2.75, 3.05) is 5.32 Å². The number of nitrogens with one attached hydrogen (secondary N) is 1. The summed E-state index contributed by atoms with van der Waals surface area (Å²) in [4.78, 5) is 19.9. The lowest BCUT2D eigenvalue weighted by Gasteiger charge is -2.18. The Labute approximate surface area is 216 Å². The number of ether oxygens (including phenoxy) is 1. The molecule has 0 atom stereocenters. The minimum absolute atomic E-state index is 0.0324. The van der Waals surface area contributed by atoms with Crippen molar-refractivity contribution in [1.29, 1.82) is 0 Å². The molecule has 2 heterocycles. The molecule has 37 heavy (non-hydrogen) atoms. The van der Waals surface area contributed by atoms with E-state index >= 15 is 0 Å². The molecule has 4 rings (SSSR count). The summed E-state index contributed by atoms with van der Waals surface area (Å²) >= 11 is 6.00. The molecule has 0 radical (unpaired) electrons. The molecule has 2 aromatic heterocycles. The number of rotatable bonds is 9. The third-order valence-electron chi connectivity index (χ3n) is 5.24. The summed E-state index contributed by atoms with van der Waals surface area (Å²) in [7, 11) is 0. The Bertz CT molecular complexity index is 1420. The number of pyridine rings is 1. The van der Waals surface area contributed by atoms with E-state index in [-0.39, 0.29) is 23.8 Å². The van der Waals surface area contributed by atoms with Crippen molar-refractivity contribution in [3.05, 3.63) is 99.2 Å². The van der Waals surface area contributed by atoms with Crippen LogP contribution in [0.25, 0.3) is 0 Å². The highest BCUT2D eigenvalue weighted by Crippen LogP contribution is 2.25. The normalized spacial score (nSPS) is 11.4. The highest BCUT2D eigenvalue weighted by molar-refractivity contribution is 6.30. The molecule has 192 valence electrons. The summed E-state index contributed by atoms with van der Waals surface area (Å²) in [6.45, 7) is 3.64. The van der Waals surface area contributed by atoms with Gasteiger partial charge < -0.3 is 15.2 Å². The van der Waals surface area contributed by atoms with E-state index in [0.29, 0.717) is 29.4 Å². The summed E-state index contributed by atoms with van der Waals surface area (Å²) in [5, 5.41) is 18.3. The molecule has 11 heteroatoms. The van der Waals surface area contributed by atoms with Gasteiger partial charge in [-0.1, -0.05) is 23.7 Å². The predicted molar refractivity (Wildman–Crippen MR) is 135 cm³/mol. The second kappa shape index (κ2) is 11.0. The molecule has 0 fully saturated rings. The summed E-state index contributed by atoms with van der Waals surface area (Å²) in [5.74, 6) is -1.47. The topological polar surface area (TPSA) is 102 Å². The van der Waals surface area contributed by atoms with Gasteiger partial charge in [-0.2, -0.15) is 23.8 Å². The number of hydrogen-bond donors (Lipinski definition) is 2. The molecule has 2 N–H and O–H groups in total. The number of aliphatic hydroxyl groups is 1. The van der Waals surface area contributed by atoms with Gasteiger partial charge in [-0.3, -0.25) is 4.79 Å². The Balaban J connectivity index is 1.58. The maximum atomic E-state index is 13.3. The minimum Gasteiger partial charge on any atom is -0.457 e. The van der Waals surface area contributed by atoms with Crippen LogP contribution in [0.15, 0.2) is 65.5 Å². The first-order chi connectivity index (χ1) is 17.5. The van der Waals surface area contributed by atoms with Gasteiger partial charge in [0.2, 0.25) is 17.8 Å². The fraction of sp³-hybridized carbons (Fsp3) is 0.231. The van der Waals surface area contributed by atoms with Crippen LogP contribution in [0.4, 0.5) is 20.4 Å². The summed E-state index contributed by atoms with van der Waals surface area (Å²) < 4.78 is 33.7. The molecule has 0 aliphatic rings. The van der Waals surface area contributed by atoms with Crippen molar-refractivity contribution in [2.24, 2.45) is 0 Å². The summed E-state index contributed by atoms with van der Waals surface area (Å²) in [5.41, 5.74) is 0.244. The first-order valence-corrected chi connectivity index (χ1v) is 11.7. The molecule has 8 nitrogen and oxygen atoms in total. The average molecular weight is 528 g/mol. The zero-order chi connectivity index (χ0) is 26.6. The molecule has 4 aromatic rings. The number of halogens is 3. The van der Waals surface area contributed by atoms with E-state index in [1.165, 1.54) is 0 Å². The molecule has 0 saturated heterocycles. The van der Waals surface area contributed by atoms with E-state index in [9.17, 15) is 18.7 Å². The van der Waals surface area contributed by atoms with Gasteiger partial charge in [0.1, 0.15) is 17.2 Å².